The molecule has 0 bridgehead atoms. The smallest absolute Gasteiger partial charge is 0.310 e. The molecule has 10 heteroatoms. The summed E-state index contributed by atoms with van der Waals surface area (Å²) < 4.78 is 45.9. The third kappa shape index (κ3) is 4.67. The summed E-state index contributed by atoms with van der Waals surface area (Å²) >= 11 is 0. The molecule has 0 aliphatic rings. The zero-order chi connectivity index (χ0) is 16.3. The Morgan fingerprint density at radius 2 is 1.86 bits per heavy atom. The van der Waals surface area contributed by atoms with Crippen molar-refractivity contribution in [2.75, 3.05) is 29.6 Å². The average Bonchev–Trinajstić information content (AvgIpc) is 2.37. The Morgan fingerprint density at radius 3 is 2.33 bits per heavy atom. The van der Waals surface area contributed by atoms with Crippen LogP contribution in [0.1, 0.15) is 6.92 Å². The maximum absolute atomic E-state index is 11.6. The van der Waals surface area contributed by atoms with Gasteiger partial charge in [-0.05, 0) is 12.1 Å². The number of para-hydroxylation sites is 1. The zero-order valence-electron chi connectivity index (χ0n) is 11.6. The highest BCUT2D eigenvalue weighted by Crippen LogP contribution is 2.31. The third-order valence-electron chi connectivity index (χ3n) is 2.75. The van der Waals surface area contributed by atoms with Crippen molar-refractivity contribution in [1.29, 1.82) is 0 Å². The normalized spacial score (nSPS) is 12.1. The predicted molar refractivity (Wildman–Crippen MR) is 79.0 cm³/mol. The largest absolute Gasteiger partial charge is 0.378 e. The fraction of sp³-hybridized carbons (Fsp3) is 0.455. The topological polar surface area (TPSA) is 123 Å². The van der Waals surface area contributed by atoms with Crippen LogP contribution in [0.15, 0.2) is 23.1 Å². The molecule has 118 valence electrons. The Hall–Kier alpha value is -1.68. The van der Waals surface area contributed by atoms with Crippen LogP contribution in [-0.4, -0.2) is 46.1 Å². The Morgan fingerprint density at radius 1 is 1.24 bits per heavy atom. The standard InChI is InChI=1S/C11H16N2O6S2/c1-3-21(18,19)8-7-12-9-5-4-6-10(20(2,16)17)11(9)13(14)15/h4-6,12H,3,7-8H2,1-2H3. The Labute approximate surface area is 123 Å². The van der Waals surface area contributed by atoms with E-state index in [4.69, 9.17) is 0 Å². The fourth-order valence-corrected chi connectivity index (χ4v) is 3.20. The molecule has 0 saturated heterocycles. The Balaban J connectivity index is 3.12. The number of hydrogen-bond donors (Lipinski definition) is 1. The van der Waals surface area contributed by atoms with Crippen LogP contribution in [0, 0.1) is 10.1 Å². The van der Waals surface area contributed by atoms with Gasteiger partial charge in [0.05, 0.1) is 10.7 Å². The number of hydrogen-bond acceptors (Lipinski definition) is 7. The van der Waals surface area contributed by atoms with Gasteiger partial charge in [0.15, 0.2) is 19.7 Å². The van der Waals surface area contributed by atoms with Crippen LogP contribution in [0.4, 0.5) is 11.4 Å². The van der Waals surface area contributed by atoms with Crippen molar-refractivity contribution in [3.05, 3.63) is 28.3 Å². The molecule has 1 N–H and O–H groups in total. The second-order valence-corrected chi connectivity index (χ2v) is 8.80. The second-order valence-electron chi connectivity index (χ2n) is 4.34. The second kappa shape index (κ2) is 6.39. The molecule has 0 aliphatic heterocycles. The number of nitrogens with one attached hydrogen (secondary N) is 1. The van der Waals surface area contributed by atoms with Gasteiger partial charge in [-0.3, -0.25) is 10.1 Å². The van der Waals surface area contributed by atoms with Gasteiger partial charge < -0.3 is 5.32 Å². The molecule has 0 radical (unpaired) electrons. The molecule has 1 aromatic carbocycles. The number of sulfone groups is 2. The molecule has 0 fully saturated rings. The van der Waals surface area contributed by atoms with Crippen molar-refractivity contribution in [3.8, 4) is 0 Å². The molecule has 1 aromatic rings. The molecule has 8 nitrogen and oxygen atoms in total. The van der Waals surface area contributed by atoms with Gasteiger partial charge in [0.2, 0.25) is 0 Å². The quantitative estimate of drug-likeness (QED) is 0.578. The summed E-state index contributed by atoms with van der Waals surface area (Å²) in [5, 5.41) is 13.7. The number of anilines is 1. The molecule has 0 atom stereocenters. The number of nitrogens with zero attached hydrogens (tertiary/aromatic N) is 1. The van der Waals surface area contributed by atoms with Crippen molar-refractivity contribution >= 4 is 31.0 Å². The van der Waals surface area contributed by atoms with E-state index >= 15 is 0 Å². The molecule has 0 spiro atoms. The summed E-state index contributed by atoms with van der Waals surface area (Å²) in [6.07, 6.45) is 0.876. The van der Waals surface area contributed by atoms with Crippen LogP contribution in [-0.2, 0) is 19.7 Å². The van der Waals surface area contributed by atoms with Crippen LogP contribution in [0.25, 0.3) is 0 Å². The van der Waals surface area contributed by atoms with Crippen LogP contribution in [0.3, 0.4) is 0 Å². The van der Waals surface area contributed by atoms with E-state index in [0.29, 0.717) is 0 Å². The third-order valence-corrected chi connectivity index (χ3v) is 5.58. The van der Waals surface area contributed by atoms with E-state index in [1.54, 1.807) is 0 Å². The van der Waals surface area contributed by atoms with Crippen molar-refractivity contribution in [2.24, 2.45) is 0 Å². The molecule has 21 heavy (non-hydrogen) atoms. The number of rotatable bonds is 7. The lowest BCUT2D eigenvalue weighted by Crippen LogP contribution is -2.18. The van der Waals surface area contributed by atoms with Crippen LogP contribution in [0.2, 0.25) is 0 Å². The van der Waals surface area contributed by atoms with Gasteiger partial charge >= 0.3 is 5.69 Å². The van der Waals surface area contributed by atoms with Gasteiger partial charge in [0.1, 0.15) is 10.6 Å². The molecule has 0 aromatic heterocycles. The zero-order valence-corrected chi connectivity index (χ0v) is 13.2. The van der Waals surface area contributed by atoms with Crippen molar-refractivity contribution in [2.45, 2.75) is 11.8 Å². The summed E-state index contributed by atoms with van der Waals surface area (Å²) in [7, 11) is -6.97. The van der Waals surface area contributed by atoms with Crippen molar-refractivity contribution in [1.82, 2.24) is 0 Å². The van der Waals surface area contributed by atoms with Gasteiger partial charge in [0, 0.05) is 18.6 Å². The number of nitro groups is 1. The first-order valence-corrected chi connectivity index (χ1v) is 9.71. The minimum Gasteiger partial charge on any atom is -0.378 e. The number of nitro benzene ring substituents is 1. The lowest BCUT2D eigenvalue weighted by Gasteiger charge is -2.09. The first-order valence-electron chi connectivity index (χ1n) is 6.00. The van der Waals surface area contributed by atoms with Crippen LogP contribution >= 0.6 is 0 Å². The summed E-state index contributed by atoms with van der Waals surface area (Å²) in [6.45, 7) is 1.46. The van der Waals surface area contributed by atoms with Gasteiger partial charge in [0.25, 0.3) is 0 Å². The summed E-state index contributed by atoms with van der Waals surface area (Å²) in [5.74, 6) is -0.218. The molecule has 0 saturated carbocycles. The Bertz CT molecular complexity index is 740. The highest BCUT2D eigenvalue weighted by atomic mass is 32.2. The molecule has 0 aliphatic carbocycles. The highest BCUT2D eigenvalue weighted by molar-refractivity contribution is 7.91. The fourth-order valence-electron chi connectivity index (χ4n) is 1.64. The van der Waals surface area contributed by atoms with Crippen molar-refractivity contribution < 1.29 is 21.8 Å². The maximum atomic E-state index is 11.6. The maximum Gasteiger partial charge on any atom is 0.310 e. The van der Waals surface area contributed by atoms with Gasteiger partial charge in [-0.15, -0.1) is 0 Å². The van der Waals surface area contributed by atoms with E-state index in [9.17, 15) is 26.9 Å². The van der Waals surface area contributed by atoms with Gasteiger partial charge in [-0.1, -0.05) is 13.0 Å². The first-order chi connectivity index (χ1) is 9.58. The molecule has 0 unspecified atom stereocenters. The van der Waals surface area contributed by atoms with Crippen molar-refractivity contribution in [3.63, 3.8) is 0 Å². The van der Waals surface area contributed by atoms with E-state index in [2.05, 4.69) is 5.32 Å². The molecule has 1 rings (SSSR count). The molecular formula is C11H16N2O6S2. The van der Waals surface area contributed by atoms with E-state index < -0.39 is 35.2 Å². The first kappa shape index (κ1) is 17.4. The molecule has 0 amide bonds. The van der Waals surface area contributed by atoms with E-state index in [1.807, 2.05) is 0 Å². The minimum absolute atomic E-state index is 0.0192. The van der Waals surface area contributed by atoms with Gasteiger partial charge in [-0.25, -0.2) is 16.8 Å². The summed E-state index contributed by atoms with van der Waals surface area (Å²) in [4.78, 5) is 9.88. The van der Waals surface area contributed by atoms with Gasteiger partial charge in [-0.2, -0.15) is 0 Å². The minimum atomic E-state index is -3.76. The predicted octanol–water partition coefficient (Wildman–Crippen LogP) is 0.845. The SMILES string of the molecule is CCS(=O)(=O)CCNc1cccc(S(C)(=O)=O)c1[N+](=O)[O-]. The van der Waals surface area contributed by atoms with E-state index in [-0.39, 0.29) is 23.7 Å². The molecule has 0 heterocycles. The average molecular weight is 336 g/mol. The summed E-state index contributed by atoms with van der Waals surface area (Å²) in [5.41, 5.74) is -0.594. The lowest BCUT2D eigenvalue weighted by molar-refractivity contribution is -0.386. The highest BCUT2D eigenvalue weighted by Gasteiger charge is 2.26. The van der Waals surface area contributed by atoms with E-state index in [1.165, 1.54) is 19.1 Å². The summed E-state index contributed by atoms with van der Waals surface area (Å²) in [6, 6.07) is 3.84. The molecular weight excluding hydrogens is 320 g/mol. The Kier molecular flexibility index (Phi) is 5.29. The monoisotopic (exact) mass is 336 g/mol. The lowest BCUT2D eigenvalue weighted by atomic mass is 10.2. The van der Waals surface area contributed by atoms with Crippen LogP contribution < -0.4 is 5.32 Å². The van der Waals surface area contributed by atoms with E-state index in [0.717, 1.165) is 12.3 Å². The van der Waals surface area contributed by atoms with Crippen LogP contribution in [0.5, 0.6) is 0 Å². The number of benzene rings is 1.